The lowest BCUT2D eigenvalue weighted by Crippen LogP contribution is -2.35. The van der Waals surface area contributed by atoms with Gasteiger partial charge >= 0.3 is 5.97 Å². The molecule has 0 aliphatic carbocycles. The van der Waals surface area contributed by atoms with Crippen LogP contribution in [0.25, 0.3) is 0 Å². The second-order valence-corrected chi connectivity index (χ2v) is 7.10. The molecule has 1 fully saturated rings. The van der Waals surface area contributed by atoms with E-state index in [4.69, 9.17) is 16.3 Å². The molecule has 0 saturated carbocycles. The van der Waals surface area contributed by atoms with Crippen molar-refractivity contribution < 1.29 is 23.1 Å². The van der Waals surface area contributed by atoms with Crippen LogP contribution in [0, 0.1) is 0 Å². The van der Waals surface area contributed by atoms with Crippen LogP contribution in [0.5, 0.6) is 5.75 Å². The van der Waals surface area contributed by atoms with Crippen molar-refractivity contribution in [3.63, 3.8) is 0 Å². The first-order valence-electron chi connectivity index (χ1n) is 6.49. The van der Waals surface area contributed by atoms with E-state index in [-0.39, 0.29) is 21.2 Å². The molecule has 0 atom stereocenters. The fourth-order valence-corrected chi connectivity index (χ4v) is 4.27. The zero-order valence-electron chi connectivity index (χ0n) is 11.5. The SMILES string of the molecule is COc1c(Cl)cc(S(=O)(=O)N2CCCCC2)cc1C(=O)O. The first-order chi connectivity index (χ1) is 9.87. The predicted molar refractivity (Wildman–Crippen MR) is 77.6 cm³/mol. The molecule has 0 aromatic heterocycles. The van der Waals surface area contributed by atoms with Crippen LogP contribution < -0.4 is 4.74 Å². The Morgan fingerprint density at radius 1 is 1.29 bits per heavy atom. The van der Waals surface area contributed by atoms with E-state index >= 15 is 0 Å². The number of ether oxygens (including phenoxy) is 1. The predicted octanol–water partition coefficient (Wildman–Crippen LogP) is 2.22. The third-order valence-corrected chi connectivity index (χ3v) is 5.56. The topological polar surface area (TPSA) is 83.9 Å². The summed E-state index contributed by atoms with van der Waals surface area (Å²) < 4.78 is 31.4. The summed E-state index contributed by atoms with van der Waals surface area (Å²) in [6, 6.07) is 2.33. The van der Waals surface area contributed by atoms with Gasteiger partial charge in [0, 0.05) is 13.1 Å². The smallest absolute Gasteiger partial charge is 0.339 e. The average molecular weight is 334 g/mol. The molecule has 1 aromatic rings. The van der Waals surface area contributed by atoms with Crippen LogP contribution in [0.3, 0.4) is 0 Å². The minimum atomic E-state index is -3.74. The number of hydrogen-bond donors (Lipinski definition) is 1. The number of aromatic carboxylic acids is 1. The number of carboxylic acid groups (broad SMARTS) is 1. The number of halogens is 1. The highest BCUT2D eigenvalue weighted by molar-refractivity contribution is 7.89. The third-order valence-electron chi connectivity index (χ3n) is 3.40. The van der Waals surface area contributed by atoms with E-state index in [9.17, 15) is 18.3 Å². The van der Waals surface area contributed by atoms with Gasteiger partial charge in [-0.2, -0.15) is 4.31 Å². The highest BCUT2D eigenvalue weighted by Gasteiger charge is 2.28. The van der Waals surface area contributed by atoms with E-state index in [2.05, 4.69) is 0 Å². The zero-order chi connectivity index (χ0) is 15.6. The van der Waals surface area contributed by atoms with Gasteiger partial charge in [0.1, 0.15) is 5.56 Å². The molecule has 116 valence electrons. The average Bonchev–Trinajstić information content (AvgIpc) is 2.47. The lowest BCUT2D eigenvalue weighted by atomic mass is 10.2. The van der Waals surface area contributed by atoms with Crippen molar-refractivity contribution in [2.75, 3.05) is 20.2 Å². The summed E-state index contributed by atoms with van der Waals surface area (Å²) in [7, 11) is -2.45. The summed E-state index contributed by atoms with van der Waals surface area (Å²) in [5.74, 6) is -1.33. The molecule has 8 heteroatoms. The number of carboxylic acids is 1. The molecule has 1 heterocycles. The largest absolute Gasteiger partial charge is 0.494 e. The lowest BCUT2D eigenvalue weighted by Gasteiger charge is -2.26. The summed E-state index contributed by atoms with van der Waals surface area (Å²) >= 11 is 5.95. The normalized spacial score (nSPS) is 16.7. The first-order valence-corrected chi connectivity index (χ1v) is 8.30. The zero-order valence-corrected chi connectivity index (χ0v) is 13.1. The van der Waals surface area contributed by atoms with Gasteiger partial charge in [0.05, 0.1) is 17.0 Å². The van der Waals surface area contributed by atoms with Crippen molar-refractivity contribution in [2.24, 2.45) is 0 Å². The summed E-state index contributed by atoms with van der Waals surface area (Å²) in [6.45, 7) is 0.878. The molecule has 1 saturated heterocycles. The molecule has 0 bridgehead atoms. The molecule has 1 aliphatic rings. The Hall–Kier alpha value is -1.31. The van der Waals surface area contributed by atoms with E-state index in [0.29, 0.717) is 13.1 Å². The fraction of sp³-hybridized carbons (Fsp3) is 0.462. The minimum absolute atomic E-state index is 0.0343. The van der Waals surface area contributed by atoms with Crippen LogP contribution in [-0.2, 0) is 10.0 Å². The Kier molecular flexibility index (Phi) is 4.75. The van der Waals surface area contributed by atoms with Crippen molar-refractivity contribution >= 4 is 27.6 Å². The van der Waals surface area contributed by atoms with Gasteiger partial charge in [-0.25, -0.2) is 13.2 Å². The van der Waals surface area contributed by atoms with Crippen LogP contribution in [0.2, 0.25) is 5.02 Å². The lowest BCUT2D eigenvalue weighted by molar-refractivity contribution is 0.0693. The Balaban J connectivity index is 2.51. The Labute approximate surface area is 128 Å². The molecule has 6 nitrogen and oxygen atoms in total. The van der Waals surface area contributed by atoms with Crippen LogP contribution in [-0.4, -0.2) is 44.0 Å². The third kappa shape index (κ3) is 3.14. The summed E-state index contributed by atoms with van der Waals surface area (Å²) in [5.41, 5.74) is -0.263. The van der Waals surface area contributed by atoms with Crippen LogP contribution in [0.15, 0.2) is 17.0 Å². The van der Waals surface area contributed by atoms with E-state index < -0.39 is 16.0 Å². The maximum Gasteiger partial charge on any atom is 0.339 e. The van der Waals surface area contributed by atoms with Crippen molar-refractivity contribution in [2.45, 2.75) is 24.2 Å². The number of sulfonamides is 1. The van der Waals surface area contributed by atoms with Crippen molar-refractivity contribution in [3.8, 4) is 5.75 Å². The number of benzene rings is 1. The molecular formula is C13H16ClNO5S. The number of methoxy groups -OCH3 is 1. The van der Waals surface area contributed by atoms with Crippen molar-refractivity contribution in [1.29, 1.82) is 0 Å². The van der Waals surface area contributed by atoms with E-state index in [1.807, 2.05) is 0 Å². The van der Waals surface area contributed by atoms with E-state index in [1.54, 1.807) is 0 Å². The van der Waals surface area contributed by atoms with E-state index in [1.165, 1.54) is 17.5 Å². The standard InChI is InChI=1S/C13H16ClNO5S/c1-20-12-10(13(16)17)7-9(8-11(12)14)21(18,19)15-5-3-2-4-6-15/h7-8H,2-6H2,1H3,(H,16,17). The highest BCUT2D eigenvalue weighted by Crippen LogP contribution is 2.33. The van der Waals surface area contributed by atoms with Crippen molar-refractivity contribution in [1.82, 2.24) is 4.31 Å². The van der Waals surface area contributed by atoms with Gasteiger partial charge in [0.15, 0.2) is 5.75 Å². The molecule has 0 amide bonds. The maximum atomic E-state index is 12.5. The molecule has 2 rings (SSSR count). The highest BCUT2D eigenvalue weighted by atomic mass is 35.5. The number of hydrogen-bond acceptors (Lipinski definition) is 4. The monoisotopic (exact) mass is 333 g/mol. The van der Waals surface area contributed by atoms with E-state index in [0.717, 1.165) is 25.3 Å². The summed E-state index contributed by atoms with van der Waals surface area (Å²) in [6.07, 6.45) is 2.60. The summed E-state index contributed by atoms with van der Waals surface area (Å²) in [5, 5.41) is 9.14. The first kappa shape index (κ1) is 16.1. The molecule has 1 N–H and O–H groups in total. The van der Waals surface area contributed by atoms with Gasteiger partial charge in [-0.1, -0.05) is 18.0 Å². The molecule has 1 aromatic carbocycles. The molecule has 0 unspecified atom stereocenters. The van der Waals surface area contributed by atoms with Gasteiger partial charge in [0.25, 0.3) is 0 Å². The van der Waals surface area contributed by atoms with Crippen LogP contribution >= 0.6 is 11.6 Å². The maximum absolute atomic E-state index is 12.5. The van der Waals surface area contributed by atoms with Gasteiger partial charge < -0.3 is 9.84 Å². The molecule has 0 spiro atoms. The minimum Gasteiger partial charge on any atom is -0.494 e. The number of rotatable bonds is 4. The van der Waals surface area contributed by atoms with Crippen LogP contribution in [0.1, 0.15) is 29.6 Å². The van der Waals surface area contributed by atoms with Gasteiger partial charge in [0.2, 0.25) is 10.0 Å². The second kappa shape index (κ2) is 6.21. The number of carbonyl (C=O) groups is 1. The summed E-state index contributed by atoms with van der Waals surface area (Å²) in [4.78, 5) is 11.1. The Morgan fingerprint density at radius 2 is 1.90 bits per heavy atom. The quantitative estimate of drug-likeness (QED) is 0.913. The number of nitrogens with zero attached hydrogens (tertiary/aromatic N) is 1. The molecular weight excluding hydrogens is 318 g/mol. The fourth-order valence-electron chi connectivity index (χ4n) is 2.34. The van der Waals surface area contributed by atoms with Gasteiger partial charge in [-0.15, -0.1) is 0 Å². The molecule has 0 radical (unpaired) electrons. The second-order valence-electron chi connectivity index (χ2n) is 4.76. The number of piperidine rings is 1. The Morgan fingerprint density at radius 3 is 2.43 bits per heavy atom. The van der Waals surface area contributed by atoms with Gasteiger partial charge in [-0.05, 0) is 25.0 Å². The molecule has 1 aliphatic heterocycles. The Bertz CT molecular complexity index is 653. The molecule has 21 heavy (non-hydrogen) atoms. The van der Waals surface area contributed by atoms with Crippen molar-refractivity contribution in [3.05, 3.63) is 22.7 Å². The van der Waals surface area contributed by atoms with Gasteiger partial charge in [-0.3, -0.25) is 0 Å². The van der Waals surface area contributed by atoms with Crippen LogP contribution in [0.4, 0.5) is 0 Å².